The summed E-state index contributed by atoms with van der Waals surface area (Å²) in [4.78, 5) is 4.42. The SMILES string of the molecule is CC(C)[N+](C)(c1cc[c-]c(-c2ccccn2)c1)C(C)C.[Br-].[Br-].[Br-].[Ir]. The summed E-state index contributed by atoms with van der Waals surface area (Å²) < 4.78 is 0.911. The van der Waals surface area contributed by atoms with Gasteiger partial charge in [0.1, 0.15) is 0 Å². The van der Waals surface area contributed by atoms with E-state index >= 15 is 0 Å². The molecule has 24 heavy (non-hydrogen) atoms. The molecule has 139 valence electrons. The van der Waals surface area contributed by atoms with Crippen LogP contribution in [0, 0.1) is 6.07 Å². The van der Waals surface area contributed by atoms with Gasteiger partial charge in [-0.2, -0.15) is 0 Å². The van der Waals surface area contributed by atoms with Gasteiger partial charge in [0.15, 0.2) is 0 Å². The van der Waals surface area contributed by atoms with Gasteiger partial charge >= 0.3 is 0 Å². The minimum Gasteiger partial charge on any atom is -1.00 e. The average Bonchev–Trinajstić information content (AvgIpc) is 2.47. The molecule has 0 aliphatic carbocycles. The number of aromatic nitrogens is 1. The van der Waals surface area contributed by atoms with E-state index in [1.165, 1.54) is 5.69 Å². The van der Waals surface area contributed by atoms with Crippen LogP contribution < -0.4 is 55.4 Å². The average molecular weight is 700 g/mol. The Morgan fingerprint density at radius 2 is 1.54 bits per heavy atom. The van der Waals surface area contributed by atoms with Crippen molar-refractivity contribution in [2.24, 2.45) is 0 Å². The maximum Gasteiger partial charge on any atom is 0.0867 e. The number of rotatable bonds is 4. The Morgan fingerprint density at radius 3 is 2.00 bits per heavy atom. The molecule has 0 saturated heterocycles. The summed E-state index contributed by atoms with van der Waals surface area (Å²) in [5.41, 5.74) is 3.36. The Morgan fingerprint density at radius 1 is 0.958 bits per heavy atom. The van der Waals surface area contributed by atoms with Crippen LogP contribution in [0.4, 0.5) is 5.69 Å². The molecule has 2 rings (SSSR count). The van der Waals surface area contributed by atoms with Crippen LogP contribution in [0.15, 0.2) is 42.6 Å². The maximum atomic E-state index is 4.42. The van der Waals surface area contributed by atoms with Gasteiger partial charge in [-0.25, -0.2) is 0 Å². The summed E-state index contributed by atoms with van der Waals surface area (Å²) in [6, 6.07) is 16.7. The largest absolute Gasteiger partial charge is 1.00 e. The molecule has 1 radical (unpaired) electrons. The first-order chi connectivity index (χ1) is 9.46. The molecule has 6 heteroatoms. The first-order valence-electron chi connectivity index (χ1n) is 7.26. The fourth-order valence-corrected chi connectivity index (χ4v) is 2.62. The van der Waals surface area contributed by atoms with Gasteiger partial charge < -0.3 is 60.4 Å². The normalized spacial score (nSPS) is 10.1. The van der Waals surface area contributed by atoms with E-state index in [1.54, 1.807) is 0 Å². The number of quaternary nitrogens is 1. The summed E-state index contributed by atoms with van der Waals surface area (Å²) in [7, 11) is 2.30. The summed E-state index contributed by atoms with van der Waals surface area (Å²) in [5, 5.41) is 0. The molecule has 0 atom stereocenters. The molecule has 1 heterocycles. The van der Waals surface area contributed by atoms with Crippen LogP contribution in [0.3, 0.4) is 0 Å². The van der Waals surface area contributed by atoms with E-state index < -0.39 is 0 Å². The van der Waals surface area contributed by atoms with Crippen molar-refractivity contribution in [3.8, 4) is 11.3 Å². The number of pyridine rings is 1. The molecule has 1 aromatic heterocycles. The Labute approximate surface area is 191 Å². The van der Waals surface area contributed by atoms with Crippen molar-refractivity contribution < 1.29 is 71.0 Å². The van der Waals surface area contributed by atoms with Crippen molar-refractivity contribution >= 4 is 5.69 Å². The van der Waals surface area contributed by atoms with Crippen LogP contribution in [-0.2, 0) is 20.1 Å². The Kier molecular flexibility index (Phi) is 15.5. The maximum absolute atomic E-state index is 4.42. The molecule has 0 N–H and O–H groups in total. The smallest absolute Gasteiger partial charge is 0.0867 e. The van der Waals surface area contributed by atoms with Crippen molar-refractivity contribution in [1.82, 2.24) is 9.47 Å². The minimum atomic E-state index is 0. The number of hydrogen-bond donors (Lipinski definition) is 0. The first kappa shape index (κ1) is 29.2. The quantitative estimate of drug-likeness (QED) is 0.231. The van der Waals surface area contributed by atoms with Crippen molar-refractivity contribution in [2.45, 2.75) is 39.8 Å². The second-order valence-corrected chi connectivity index (χ2v) is 6.01. The molecular weight excluding hydrogens is 676 g/mol. The van der Waals surface area contributed by atoms with Crippen LogP contribution in [0.25, 0.3) is 11.3 Å². The topological polar surface area (TPSA) is 12.9 Å². The van der Waals surface area contributed by atoms with Gasteiger partial charge in [-0.3, -0.25) is 0 Å². The van der Waals surface area contributed by atoms with E-state index in [9.17, 15) is 0 Å². The fraction of sp³-hybridized carbons (Fsp3) is 0.389. The zero-order chi connectivity index (χ0) is 14.8. The standard InChI is InChI=1S/C18H24N2.3BrH.Ir/c1-14(2)20(5,15(3)4)17-10-8-9-16(13-17)18-11-6-7-12-19-18;;;;/h6-8,10-15H,1-5H3;3*1H;/p-3. The molecule has 1 aromatic carbocycles. The second-order valence-electron chi connectivity index (χ2n) is 6.01. The molecule has 0 bridgehead atoms. The van der Waals surface area contributed by atoms with Crippen LogP contribution in [-0.4, -0.2) is 24.1 Å². The van der Waals surface area contributed by atoms with Crippen LogP contribution >= 0.6 is 0 Å². The van der Waals surface area contributed by atoms with Crippen molar-refractivity contribution in [3.05, 3.63) is 48.7 Å². The molecular formula is C18H24Br3IrN2-3. The molecule has 0 aliphatic heterocycles. The van der Waals surface area contributed by atoms with Gasteiger partial charge in [0.05, 0.1) is 24.8 Å². The fourth-order valence-electron chi connectivity index (χ4n) is 2.62. The predicted octanol–water partition coefficient (Wildman–Crippen LogP) is -4.69. The third-order valence-electron chi connectivity index (χ3n) is 4.43. The zero-order valence-corrected chi connectivity index (χ0v) is 21.7. The molecule has 0 spiro atoms. The summed E-state index contributed by atoms with van der Waals surface area (Å²) >= 11 is 0. The number of benzene rings is 1. The Balaban J connectivity index is -0.00000110. The second kappa shape index (κ2) is 12.7. The minimum absolute atomic E-state index is 0. The molecule has 0 aliphatic rings. The summed E-state index contributed by atoms with van der Waals surface area (Å²) in [6.45, 7) is 9.10. The summed E-state index contributed by atoms with van der Waals surface area (Å²) in [5.74, 6) is 0. The zero-order valence-electron chi connectivity index (χ0n) is 14.6. The Hall–Kier alpha value is 0.419. The third-order valence-corrected chi connectivity index (χ3v) is 4.43. The van der Waals surface area contributed by atoms with Gasteiger partial charge in [-0.05, 0) is 39.5 Å². The number of halogens is 3. The van der Waals surface area contributed by atoms with Crippen molar-refractivity contribution in [2.75, 3.05) is 7.05 Å². The van der Waals surface area contributed by atoms with Crippen molar-refractivity contribution in [1.29, 1.82) is 0 Å². The van der Waals surface area contributed by atoms with E-state index in [2.05, 4.69) is 57.9 Å². The monoisotopic (exact) mass is 698 g/mol. The summed E-state index contributed by atoms with van der Waals surface area (Å²) in [6.07, 6.45) is 1.83. The van der Waals surface area contributed by atoms with Crippen LogP contribution in [0.2, 0.25) is 0 Å². The van der Waals surface area contributed by atoms with Gasteiger partial charge in [-0.1, -0.05) is 24.3 Å². The molecule has 0 unspecified atom stereocenters. The molecule has 0 saturated carbocycles. The van der Waals surface area contributed by atoms with Gasteiger partial charge in [0.2, 0.25) is 0 Å². The molecule has 2 aromatic rings. The number of hydrogen-bond acceptors (Lipinski definition) is 1. The van der Waals surface area contributed by atoms with Crippen molar-refractivity contribution in [3.63, 3.8) is 0 Å². The van der Waals surface area contributed by atoms with E-state index in [4.69, 9.17) is 0 Å². The van der Waals surface area contributed by atoms with E-state index in [-0.39, 0.29) is 71.0 Å². The van der Waals surface area contributed by atoms with Gasteiger partial charge in [0.25, 0.3) is 0 Å². The third kappa shape index (κ3) is 6.30. The van der Waals surface area contributed by atoms with Gasteiger partial charge in [-0.15, -0.1) is 17.7 Å². The Bertz CT molecular complexity index is 569. The van der Waals surface area contributed by atoms with Crippen LogP contribution in [0.5, 0.6) is 0 Å². The predicted molar refractivity (Wildman–Crippen MR) is 86.5 cm³/mol. The van der Waals surface area contributed by atoms with E-state index in [0.29, 0.717) is 12.1 Å². The molecule has 2 nitrogen and oxygen atoms in total. The van der Waals surface area contributed by atoms with Crippen LogP contribution in [0.1, 0.15) is 27.7 Å². The van der Waals surface area contributed by atoms with Gasteiger partial charge in [0, 0.05) is 26.3 Å². The number of nitrogens with zero attached hydrogens (tertiary/aromatic N) is 2. The molecule has 0 fully saturated rings. The molecule has 0 amide bonds. The van der Waals surface area contributed by atoms with E-state index in [0.717, 1.165) is 15.7 Å². The van der Waals surface area contributed by atoms with E-state index in [1.807, 2.05) is 30.5 Å². The first-order valence-corrected chi connectivity index (χ1v) is 7.26.